The lowest BCUT2D eigenvalue weighted by Crippen LogP contribution is -2.51. The summed E-state index contributed by atoms with van der Waals surface area (Å²) in [5.41, 5.74) is 5.34. The molecule has 0 radical (unpaired) electrons. The summed E-state index contributed by atoms with van der Waals surface area (Å²) in [6, 6.07) is -1.01. The predicted octanol–water partition coefficient (Wildman–Crippen LogP) is -1.57. The normalized spacial score (nSPS) is 15.2. The fourth-order valence-corrected chi connectivity index (χ4v) is 1.67. The summed E-state index contributed by atoms with van der Waals surface area (Å²) < 4.78 is 11.1. The molecule has 9 heteroatoms. The van der Waals surface area contributed by atoms with Crippen molar-refractivity contribution in [2.24, 2.45) is 5.73 Å². The fourth-order valence-electron chi connectivity index (χ4n) is 1.12. The van der Waals surface area contributed by atoms with Crippen molar-refractivity contribution in [3.05, 3.63) is 0 Å². The minimum Gasteiger partial charge on any atom is -0.323 e. The van der Waals surface area contributed by atoms with E-state index in [1.807, 2.05) is 0 Å². The van der Waals surface area contributed by atoms with E-state index in [9.17, 15) is 14.2 Å². The molecule has 100 valence electrons. The molecule has 0 aromatic carbocycles. The quantitative estimate of drug-likeness (QED) is 0.442. The molecule has 0 aromatic rings. The SMILES string of the molecule is CNCC(=O)N(C(=O)[C@H](C)N)[C@@H](C)P(=O)(O)O. The number of hydrogen-bond acceptors (Lipinski definition) is 5. The number of rotatable bonds is 5. The molecule has 0 aliphatic heterocycles. The number of carbonyl (C=O) groups is 2. The Hall–Kier alpha value is -0.790. The van der Waals surface area contributed by atoms with Crippen LogP contribution in [-0.2, 0) is 14.2 Å². The standard InChI is InChI=1S/C8H18N3O5P/c1-5(9)8(13)11(7(12)4-10-3)6(2)17(14,15)16/h5-6,10H,4,9H2,1-3H3,(H2,14,15,16)/t5-,6+/m0/s1. The Bertz CT molecular complexity index is 340. The molecule has 17 heavy (non-hydrogen) atoms. The van der Waals surface area contributed by atoms with Gasteiger partial charge in [0.1, 0.15) is 5.78 Å². The van der Waals surface area contributed by atoms with Gasteiger partial charge in [-0.25, -0.2) is 0 Å². The van der Waals surface area contributed by atoms with Gasteiger partial charge in [0.05, 0.1) is 12.6 Å². The smallest absolute Gasteiger partial charge is 0.323 e. The van der Waals surface area contributed by atoms with Crippen LogP contribution in [0.15, 0.2) is 0 Å². The highest BCUT2D eigenvalue weighted by atomic mass is 31.2. The average molecular weight is 267 g/mol. The van der Waals surface area contributed by atoms with Gasteiger partial charge >= 0.3 is 7.60 Å². The predicted molar refractivity (Wildman–Crippen MR) is 60.9 cm³/mol. The molecule has 0 heterocycles. The minimum atomic E-state index is -4.58. The van der Waals surface area contributed by atoms with E-state index in [0.717, 1.165) is 6.92 Å². The monoisotopic (exact) mass is 267 g/mol. The molecule has 0 aromatic heterocycles. The zero-order valence-corrected chi connectivity index (χ0v) is 10.8. The maximum atomic E-state index is 11.7. The first-order chi connectivity index (χ1) is 7.62. The van der Waals surface area contributed by atoms with Crippen molar-refractivity contribution in [1.82, 2.24) is 10.2 Å². The van der Waals surface area contributed by atoms with Gasteiger partial charge < -0.3 is 20.8 Å². The van der Waals surface area contributed by atoms with E-state index in [4.69, 9.17) is 15.5 Å². The van der Waals surface area contributed by atoms with Gasteiger partial charge in [0.25, 0.3) is 0 Å². The molecule has 0 aliphatic rings. The third-order valence-electron chi connectivity index (χ3n) is 2.08. The molecule has 5 N–H and O–H groups in total. The van der Waals surface area contributed by atoms with Gasteiger partial charge in [0, 0.05) is 0 Å². The van der Waals surface area contributed by atoms with Gasteiger partial charge in [0.2, 0.25) is 11.8 Å². The molecule has 0 unspecified atom stereocenters. The second-order valence-electron chi connectivity index (χ2n) is 3.64. The Labute approximate surface area is 99.3 Å². The lowest BCUT2D eigenvalue weighted by molar-refractivity contribution is -0.146. The first-order valence-corrected chi connectivity index (χ1v) is 6.62. The molecule has 0 aliphatic carbocycles. The first-order valence-electron chi connectivity index (χ1n) is 4.94. The number of amides is 2. The number of carbonyl (C=O) groups excluding carboxylic acids is 2. The van der Waals surface area contributed by atoms with Crippen molar-refractivity contribution >= 4 is 19.4 Å². The Morgan fingerprint density at radius 3 is 2.18 bits per heavy atom. The third kappa shape index (κ3) is 4.53. The second kappa shape index (κ2) is 6.23. The zero-order valence-electron chi connectivity index (χ0n) is 9.95. The van der Waals surface area contributed by atoms with Crippen molar-refractivity contribution in [3.63, 3.8) is 0 Å². The molecule has 0 saturated carbocycles. The summed E-state index contributed by atoms with van der Waals surface area (Å²) in [6.07, 6.45) is 0. The van der Waals surface area contributed by atoms with E-state index in [1.54, 1.807) is 0 Å². The maximum Gasteiger partial charge on any atom is 0.348 e. The highest BCUT2D eigenvalue weighted by Crippen LogP contribution is 2.42. The molecule has 0 saturated heterocycles. The van der Waals surface area contributed by atoms with Gasteiger partial charge in [-0.2, -0.15) is 0 Å². The molecular formula is C8H18N3O5P. The minimum absolute atomic E-state index is 0.206. The molecule has 0 fully saturated rings. The van der Waals surface area contributed by atoms with E-state index in [1.165, 1.54) is 14.0 Å². The molecule has 8 nitrogen and oxygen atoms in total. The summed E-state index contributed by atoms with van der Waals surface area (Å²) >= 11 is 0. The lowest BCUT2D eigenvalue weighted by Gasteiger charge is -2.29. The van der Waals surface area contributed by atoms with Gasteiger partial charge in [0.15, 0.2) is 0 Å². The van der Waals surface area contributed by atoms with Crippen molar-refractivity contribution in [3.8, 4) is 0 Å². The van der Waals surface area contributed by atoms with Crippen LogP contribution in [0.2, 0.25) is 0 Å². The number of nitrogens with one attached hydrogen (secondary N) is 1. The van der Waals surface area contributed by atoms with E-state index in [-0.39, 0.29) is 6.54 Å². The van der Waals surface area contributed by atoms with Crippen LogP contribution in [0, 0.1) is 0 Å². The van der Waals surface area contributed by atoms with Crippen LogP contribution >= 0.6 is 7.60 Å². The molecule has 0 bridgehead atoms. The van der Waals surface area contributed by atoms with Crippen molar-refractivity contribution in [2.45, 2.75) is 25.7 Å². The van der Waals surface area contributed by atoms with Crippen molar-refractivity contribution in [2.75, 3.05) is 13.6 Å². The largest absolute Gasteiger partial charge is 0.348 e. The average Bonchev–Trinajstić information content (AvgIpc) is 2.16. The first kappa shape index (κ1) is 16.2. The topological polar surface area (TPSA) is 133 Å². The highest BCUT2D eigenvalue weighted by Gasteiger charge is 2.38. The number of nitrogens with zero attached hydrogens (tertiary/aromatic N) is 1. The summed E-state index contributed by atoms with van der Waals surface area (Å²) in [5, 5.41) is 2.51. The molecule has 2 amide bonds. The lowest BCUT2D eigenvalue weighted by atomic mass is 10.3. The molecule has 0 rings (SSSR count). The Balaban J connectivity index is 5.19. The summed E-state index contributed by atoms with van der Waals surface area (Å²) in [4.78, 5) is 41.8. The summed E-state index contributed by atoms with van der Waals surface area (Å²) in [7, 11) is -3.10. The van der Waals surface area contributed by atoms with Crippen LogP contribution in [0.4, 0.5) is 0 Å². The van der Waals surface area contributed by atoms with Gasteiger partial charge in [-0.15, -0.1) is 0 Å². The summed E-state index contributed by atoms with van der Waals surface area (Å²) in [6.45, 7) is 2.24. The highest BCUT2D eigenvalue weighted by molar-refractivity contribution is 7.52. The zero-order chi connectivity index (χ0) is 13.8. The van der Waals surface area contributed by atoms with Crippen LogP contribution < -0.4 is 11.1 Å². The Morgan fingerprint density at radius 1 is 1.41 bits per heavy atom. The second-order valence-corrected chi connectivity index (χ2v) is 5.57. The number of likely N-dealkylation sites (N-methyl/N-ethyl adjacent to an activating group) is 1. The van der Waals surface area contributed by atoms with Gasteiger partial charge in [-0.05, 0) is 20.9 Å². The number of nitrogens with two attached hydrogens (primary N) is 1. The van der Waals surface area contributed by atoms with Crippen LogP contribution in [0.25, 0.3) is 0 Å². The van der Waals surface area contributed by atoms with Crippen LogP contribution in [0.3, 0.4) is 0 Å². The fraction of sp³-hybridized carbons (Fsp3) is 0.750. The van der Waals surface area contributed by atoms with Crippen molar-refractivity contribution < 1.29 is 23.9 Å². The van der Waals surface area contributed by atoms with Crippen molar-refractivity contribution in [1.29, 1.82) is 0 Å². The van der Waals surface area contributed by atoms with Gasteiger partial charge in [-0.1, -0.05) is 0 Å². The Kier molecular flexibility index (Phi) is 5.94. The molecular weight excluding hydrogens is 249 g/mol. The van der Waals surface area contributed by atoms with E-state index in [2.05, 4.69) is 5.32 Å². The molecule has 2 atom stereocenters. The number of imide groups is 1. The summed E-state index contributed by atoms with van der Waals surface area (Å²) in [5.74, 6) is -3.08. The Morgan fingerprint density at radius 2 is 1.88 bits per heavy atom. The van der Waals surface area contributed by atoms with Crippen LogP contribution in [-0.4, -0.2) is 51.9 Å². The molecule has 0 spiro atoms. The van der Waals surface area contributed by atoms with Crippen LogP contribution in [0.5, 0.6) is 0 Å². The van der Waals surface area contributed by atoms with Gasteiger partial charge in [-0.3, -0.25) is 19.1 Å². The third-order valence-corrected chi connectivity index (χ3v) is 3.29. The van der Waals surface area contributed by atoms with E-state index >= 15 is 0 Å². The van der Waals surface area contributed by atoms with Crippen LogP contribution in [0.1, 0.15) is 13.8 Å². The van der Waals surface area contributed by atoms with E-state index in [0.29, 0.717) is 4.90 Å². The number of hydrogen-bond donors (Lipinski definition) is 4. The van der Waals surface area contributed by atoms with E-state index < -0.39 is 31.2 Å². The maximum absolute atomic E-state index is 11.7.